The summed E-state index contributed by atoms with van der Waals surface area (Å²) in [6, 6.07) is 23.6. The van der Waals surface area contributed by atoms with Gasteiger partial charge in [-0.1, -0.05) is 74.5 Å². The average molecular weight is 563 g/mol. The van der Waals surface area contributed by atoms with Crippen LogP contribution in [0.4, 0.5) is 0 Å². The second-order valence-electron chi connectivity index (χ2n) is 10.4. The van der Waals surface area contributed by atoms with E-state index < -0.39 is 23.7 Å². The zero-order valence-corrected chi connectivity index (χ0v) is 23.2. The van der Waals surface area contributed by atoms with Gasteiger partial charge >= 0.3 is 5.97 Å². The first kappa shape index (κ1) is 28.2. The van der Waals surface area contributed by atoms with E-state index in [0.717, 1.165) is 11.1 Å². The van der Waals surface area contributed by atoms with Gasteiger partial charge in [0.25, 0.3) is 17.7 Å². The van der Waals surface area contributed by atoms with Crippen LogP contribution in [0.3, 0.4) is 0 Å². The van der Waals surface area contributed by atoms with Crippen molar-refractivity contribution in [3.63, 3.8) is 0 Å². The molecule has 5 N–H and O–H groups in total. The number of amides is 3. The topological polar surface area (TPSA) is 151 Å². The van der Waals surface area contributed by atoms with Crippen LogP contribution >= 0.6 is 0 Å². The van der Waals surface area contributed by atoms with E-state index in [9.17, 15) is 24.3 Å². The van der Waals surface area contributed by atoms with Crippen LogP contribution in [0.2, 0.25) is 0 Å². The molecule has 0 aliphatic carbocycles. The normalized spacial score (nSPS) is 14.3. The van der Waals surface area contributed by atoms with Gasteiger partial charge in [0.05, 0.1) is 11.1 Å². The summed E-state index contributed by atoms with van der Waals surface area (Å²) in [4.78, 5) is 56.3. The van der Waals surface area contributed by atoms with Crippen LogP contribution in [0.1, 0.15) is 83.8 Å². The number of amidine groups is 1. The van der Waals surface area contributed by atoms with E-state index in [4.69, 9.17) is 5.73 Å². The Labute approximate surface area is 242 Å². The molecule has 3 amide bonds. The van der Waals surface area contributed by atoms with Crippen molar-refractivity contribution in [2.45, 2.75) is 25.7 Å². The van der Waals surface area contributed by atoms with Crippen LogP contribution in [-0.2, 0) is 0 Å². The average Bonchev–Trinajstić information content (AvgIpc) is 3.00. The first-order valence-corrected chi connectivity index (χ1v) is 13.6. The molecule has 1 aliphatic rings. The first-order chi connectivity index (χ1) is 20.2. The van der Waals surface area contributed by atoms with Crippen LogP contribution in [0.25, 0.3) is 10.8 Å². The fourth-order valence-electron chi connectivity index (χ4n) is 5.23. The van der Waals surface area contributed by atoms with E-state index >= 15 is 0 Å². The number of hydrogen-bond donors (Lipinski definition) is 4. The lowest BCUT2D eigenvalue weighted by Gasteiger charge is -2.23. The van der Waals surface area contributed by atoms with Crippen molar-refractivity contribution in [2.75, 3.05) is 13.1 Å². The summed E-state index contributed by atoms with van der Waals surface area (Å²) in [6.07, 6.45) is 0. The number of aromatic carboxylic acids is 1. The van der Waals surface area contributed by atoms with Gasteiger partial charge in [0.1, 0.15) is 5.84 Å². The van der Waals surface area contributed by atoms with Crippen molar-refractivity contribution >= 4 is 40.3 Å². The van der Waals surface area contributed by atoms with Crippen molar-refractivity contribution in [3.05, 3.63) is 118 Å². The fourth-order valence-corrected chi connectivity index (χ4v) is 5.23. The summed E-state index contributed by atoms with van der Waals surface area (Å²) in [6.45, 7) is 4.58. The maximum absolute atomic E-state index is 13.6. The smallest absolute Gasteiger partial charge is 0.336 e. The van der Waals surface area contributed by atoms with Gasteiger partial charge in [-0.3, -0.25) is 24.7 Å². The van der Waals surface area contributed by atoms with Crippen molar-refractivity contribution < 1.29 is 24.3 Å². The third-order valence-corrected chi connectivity index (χ3v) is 7.57. The van der Waals surface area contributed by atoms with Crippen LogP contribution in [-0.4, -0.2) is 47.7 Å². The Morgan fingerprint density at radius 3 is 2.07 bits per heavy atom. The van der Waals surface area contributed by atoms with Crippen molar-refractivity contribution in [1.29, 1.82) is 0 Å². The highest BCUT2D eigenvalue weighted by atomic mass is 16.4. The second-order valence-corrected chi connectivity index (χ2v) is 10.4. The van der Waals surface area contributed by atoms with Gasteiger partial charge in [-0.15, -0.1) is 0 Å². The molecule has 212 valence electrons. The second kappa shape index (κ2) is 11.7. The molecule has 5 rings (SSSR count). The largest absolute Gasteiger partial charge is 0.478 e. The highest BCUT2D eigenvalue weighted by Gasteiger charge is 2.33. The summed E-state index contributed by atoms with van der Waals surface area (Å²) in [7, 11) is 0. The van der Waals surface area contributed by atoms with Gasteiger partial charge in [-0.05, 0) is 35.2 Å². The molecule has 2 atom stereocenters. The number of carboxylic acid groups (broad SMARTS) is 1. The van der Waals surface area contributed by atoms with Gasteiger partial charge in [0.15, 0.2) is 0 Å². The zero-order valence-electron chi connectivity index (χ0n) is 23.2. The summed E-state index contributed by atoms with van der Waals surface area (Å²) in [5, 5.41) is 15.4. The summed E-state index contributed by atoms with van der Waals surface area (Å²) in [5.41, 5.74) is 8.44. The van der Waals surface area contributed by atoms with Gasteiger partial charge < -0.3 is 16.2 Å². The molecular formula is C33H30N4O5. The number of benzene rings is 4. The number of carbonyl (C=O) groups is 4. The number of nitrogens with one attached hydrogen (secondary N) is 2. The SMILES string of the molecule is CC(CN=C(N)c1cc(C(=O)O)c2c3c(ccc(C(=O)NCC(C)c4ccccc4)c13)C(=O)NC2=O)c1ccccc1. The molecule has 4 aromatic carbocycles. The molecule has 1 heterocycles. The number of imide groups is 1. The summed E-state index contributed by atoms with van der Waals surface area (Å²) < 4.78 is 0. The number of carbonyl (C=O) groups excluding carboxylic acids is 3. The van der Waals surface area contributed by atoms with E-state index in [1.165, 1.54) is 18.2 Å². The van der Waals surface area contributed by atoms with E-state index in [0.29, 0.717) is 6.54 Å². The Hall–Kier alpha value is -5.31. The number of nitrogens with two attached hydrogens (primary N) is 1. The Kier molecular flexibility index (Phi) is 7.84. The molecule has 2 unspecified atom stereocenters. The summed E-state index contributed by atoms with van der Waals surface area (Å²) >= 11 is 0. The lowest BCUT2D eigenvalue weighted by molar-refractivity contribution is 0.0687. The van der Waals surface area contributed by atoms with Crippen molar-refractivity contribution in [2.24, 2.45) is 10.7 Å². The predicted molar refractivity (Wildman–Crippen MR) is 160 cm³/mol. The van der Waals surface area contributed by atoms with Crippen molar-refractivity contribution in [3.8, 4) is 0 Å². The molecule has 1 aliphatic heterocycles. The molecule has 0 spiro atoms. The van der Waals surface area contributed by atoms with Gasteiger partial charge in [-0.2, -0.15) is 0 Å². The molecule has 42 heavy (non-hydrogen) atoms. The third kappa shape index (κ3) is 5.36. The minimum Gasteiger partial charge on any atom is -0.478 e. The maximum atomic E-state index is 13.6. The molecule has 9 heteroatoms. The summed E-state index contributed by atoms with van der Waals surface area (Å²) in [5.74, 6) is -3.38. The molecule has 0 saturated heterocycles. The molecule has 0 radical (unpaired) electrons. The Balaban J connectivity index is 1.63. The molecular weight excluding hydrogens is 532 g/mol. The van der Waals surface area contributed by atoms with E-state index in [1.54, 1.807) is 0 Å². The predicted octanol–water partition coefficient (Wildman–Crippen LogP) is 4.46. The van der Waals surface area contributed by atoms with Crippen LogP contribution in [0.5, 0.6) is 0 Å². The number of aliphatic imine (C=N–C) groups is 1. The van der Waals surface area contributed by atoms with Crippen LogP contribution in [0.15, 0.2) is 83.9 Å². The lowest BCUT2D eigenvalue weighted by Crippen LogP contribution is -2.37. The Morgan fingerprint density at radius 1 is 0.833 bits per heavy atom. The van der Waals surface area contributed by atoms with Crippen molar-refractivity contribution in [1.82, 2.24) is 10.6 Å². The monoisotopic (exact) mass is 562 g/mol. The maximum Gasteiger partial charge on any atom is 0.336 e. The van der Waals surface area contributed by atoms with Gasteiger partial charge in [-0.25, -0.2) is 4.79 Å². The molecule has 0 fully saturated rings. The molecule has 0 saturated carbocycles. The minimum absolute atomic E-state index is 0.00160. The van der Waals surface area contributed by atoms with E-state index in [-0.39, 0.29) is 62.8 Å². The Morgan fingerprint density at radius 2 is 1.45 bits per heavy atom. The van der Waals surface area contributed by atoms with E-state index in [1.807, 2.05) is 74.5 Å². The van der Waals surface area contributed by atoms with Crippen LogP contribution in [0, 0.1) is 0 Å². The molecule has 4 aromatic rings. The van der Waals surface area contributed by atoms with Gasteiger partial charge in [0, 0.05) is 46.5 Å². The highest BCUT2D eigenvalue weighted by Crippen LogP contribution is 2.35. The quantitative estimate of drug-likeness (QED) is 0.134. The number of rotatable bonds is 9. The molecule has 0 bridgehead atoms. The standard InChI is InChI=1S/C33H30N4O5/c1-18(20-9-5-3-6-10-20)16-35-29(34)24-15-25(33(41)42)28-27-23(31(39)37-32(28)40)14-13-22(26(24)27)30(38)36-17-19(2)21-11-7-4-8-12-21/h3-15,18-19H,16-17H2,1-2H3,(H2,34,35)(H,36,38)(H,41,42)(H,37,39,40). The number of nitrogens with zero attached hydrogens (tertiary/aromatic N) is 1. The fraction of sp³-hybridized carbons (Fsp3) is 0.182. The number of carboxylic acids is 1. The zero-order chi connectivity index (χ0) is 30.0. The Bertz CT molecular complexity index is 1750. The minimum atomic E-state index is -1.37. The van der Waals surface area contributed by atoms with Gasteiger partial charge in [0.2, 0.25) is 0 Å². The first-order valence-electron chi connectivity index (χ1n) is 13.6. The third-order valence-electron chi connectivity index (χ3n) is 7.57. The van der Waals surface area contributed by atoms with Crippen LogP contribution < -0.4 is 16.4 Å². The highest BCUT2D eigenvalue weighted by molar-refractivity contribution is 6.32. The molecule has 9 nitrogen and oxygen atoms in total. The molecule has 0 aromatic heterocycles. The lowest BCUT2D eigenvalue weighted by atomic mass is 9.85. The van der Waals surface area contributed by atoms with E-state index in [2.05, 4.69) is 15.6 Å². The number of hydrogen-bond acceptors (Lipinski definition) is 5.